The molecule has 4 heteroatoms. The van der Waals surface area contributed by atoms with Crippen molar-refractivity contribution < 1.29 is 14.3 Å². The van der Waals surface area contributed by atoms with Crippen LogP contribution >= 0.6 is 11.6 Å². The molecule has 0 unspecified atom stereocenters. The van der Waals surface area contributed by atoms with Crippen molar-refractivity contribution in [3.8, 4) is 22.6 Å². The van der Waals surface area contributed by atoms with Crippen molar-refractivity contribution in [1.82, 2.24) is 0 Å². The molecule has 0 fully saturated rings. The van der Waals surface area contributed by atoms with E-state index in [1.807, 2.05) is 37.3 Å². The highest BCUT2D eigenvalue weighted by Crippen LogP contribution is 2.35. The molecular formula is C19H19ClO3. The third kappa shape index (κ3) is 4.36. The minimum absolute atomic E-state index is 0.370. The number of carbonyl (C=O) groups excluding carboxylic acids is 1. The summed E-state index contributed by atoms with van der Waals surface area (Å²) in [4.78, 5) is 11.7. The van der Waals surface area contributed by atoms with Crippen LogP contribution in [-0.4, -0.2) is 18.5 Å². The van der Waals surface area contributed by atoms with Gasteiger partial charge in [-0.1, -0.05) is 43.8 Å². The number of ether oxygens (including phenoxy) is 2. The predicted molar refractivity (Wildman–Crippen MR) is 93.5 cm³/mol. The number of hydrogen-bond donors (Lipinski definition) is 0. The van der Waals surface area contributed by atoms with Crippen molar-refractivity contribution in [3.63, 3.8) is 0 Å². The fourth-order valence-corrected chi connectivity index (χ4v) is 2.34. The molecule has 23 heavy (non-hydrogen) atoms. The van der Waals surface area contributed by atoms with Gasteiger partial charge >= 0.3 is 0 Å². The lowest BCUT2D eigenvalue weighted by Gasteiger charge is -2.14. The zero-order chi connectivity index (χ0) is 16.7. The minimum atomic E-state index is -0.531. The molecule has 0 bridgehead atoms. The molecule has 0 saturated carbocycles. The van der Waals surface area contributed by atoms with E-state index in [2.05, 4.69) is 6.58 Å². The highest BCUT2D eigenvalue weighted by atomic mass is 35.5. The van der Waals surface area contributed by atoms with Gasteiger partial charge in [-0.3, -0.25) is 4.79 Å². The monoisotopic (exact) mass is 330 g/mol. The van der Waals surface area contributed by atoms with Crippen LogP contribution in [0.15, 0.2) is 55.1 Å². The second kappa shape index (κ2) is 8.39. The first-order valence-electron chi connectivity index (χ1n) is 7.47. The van der Waals surface area contributed by atoms with Gasteiger partial charge in [-0.05, 0) is 41.8 Å². The molecule has 0 spiro atoms. The average molecular weight is 331 g/mol. The molecule has 0 N–H and O–H groups in total. The van der Waals surface area contributed by atoms with E-state index < -0.39 is 5.24 Å². The lowest BCUT2D eigenvalue weighted by Crippen LogP contribution is -2.03. The van der Waals surface area contributed by atoms with Crippen molar-refractivity contribution in [3.05, 3.63) is 60.7 Å². The van der Waals surface area contributed by atoms with Gasteiger partial charge in [0.2, 0.25) is 0 Å². The zero-order valence-electron chi connectivity index (χ0n) is 13.0. The molecule has 3 nitrogen and oxygen atoms in total. The molecule has 0 aromatic heterocycles. The largest absolute Gasteiger partial charge is 0.492 e. The molecule has 2 aromatic rings. The number of halogens is 1. The molecule has 2 aromatic carbocycles. The third-order valence-corrected chi connectivity index (χ3v) is 3.39. The van der Waals surface area contributed by atoms with Gasteiger partial charge in [-0.25, -0.2) is 0 Å². The number of carbonyl (C=O) groups is 1. The van der Waals surface area contributed by atoms with E-state index in [4.69, 9.17) is 21.1 Å². The van der Waals surface area contributed by atoms with Crippen LogP contribution in [0.3, 0.4) is 0 Å². The first-order valence-corrected chi connectivity index (χ1v) is 7.85. The highest BCUT2D eigenvalue weighted by molar-refractivity contribution is 6.68. The second-order valence-electron chi connectivity index (χ2n) is 4.93. The molecule has 0 amide bonds. The summed E-state index contributed by atoms with van der Waals surface area (Å²) in [5.41, 5.74) is 2.08. The van der Waals surface area contributed by atoms with Gasteiger partial charge in [-0.15, -0.1) is 0 Å². The fraction of sp³-hybridized carbons (Fsp3) is 0.211. The topological polar surface area (TPSA) is 35.5 Å². The Morgan fingerprint density at radius 2 is 2.00 bits per heavy atom. The van der Waals surface area contributed by atoms with Crippen LogP contribution in [0.4, 0.5) is 0 Å². The van der Waals surface area contributed by atoms with Gasteiger partial charge in [0.05, 0.1) is 12.2 Å². The molecule has 0 radical (unpaired) electrons. The van der Waals surface area contributed by atoms with Crippen LogP contribution in [0.2, 0.25) is 0 Å². The van der Waals surface area contributed by atoms with Crippen molar-refractivity contribution in [2.75, 3.05) is 13.2 Å². The Morgan fingerprint density at radius 3 is 2.70 bits per heavy atom. The standard InChI is InChI=1S/C19H19ClO3/c1-3-11-22-15-8-5-7-14(13-15)16-9-6-10-17(19(20)21)18(16)23-12-4-2/h3,5-10,13H,1,4,11-12H2,2H3. The molecule has 0 aliphatic carbocycles. The van der Waals surface area contributed by atoms with E-state index in [9.17, 15) is 4.79 Å². The van der Waals surface area contributed by atoms with Crippen LogP contribution in [0, 0.1) is 0 Å². The van der Waals surface area contributed by atoms with E-state index in [-0.39, 0.29) is 0 Å². The molecule has 0 aliphatic heterocycles. The number of para-hydroxylation sites is 1. The van der Waals surface area contributed by atoms with Crippen LogP contribution in [0.25, 0.3) is 11.1 Å². The normalized spacial score (nSPS) is 10.2. The second-order valence-corrected chi connectivity index (χ2v) is 5.28. The van der Waals surface area contributed by atoms with Gasteiger partial charge in [0.15, 0.2) is 0 Å². The van der Waals surface area contributed by atoms with Crippen LogP contribution < -0.4 is 9.47 Å². The molecule has 0 heterocycles. The lowest BCUT2D eigenvalue weighted by atomic mass is 10.0. The summed E-state index contributed by atoms with van der Waals surface area (Å²) in [5.74, 6) is 1.24. The third-order valence-electron chi connectivity index (χ3n) is 3.19. The maximum Gasteiger partial charge on any atom is 0.256 e. The van der Waals surface area contributed by atoms with E-state index in [0.717, 1.165) is 23.3 Å². The molecule has 2 rings (SSSR count). The van der Waals surface area contributed by atoms with Crippen molar-refractivity contribution in [2.45, 2.75) is 13.3 Å². The van der Waals surface area contributed by atoms with Gasteiger partial charge in [-0.2, -0.15) is 0 Å². The summed E-state index contributed by atoms with van der Waals surface area (Å²) in [6.07, 6.45) is 2.53. The highest BCUT2D eigenvalue weighted by Gasteiger charge is 2.16. The number of rotatable bonds is 8. The molecule has 0 saturated heterocycles. The summed E-state index contributed by atoms with van der Waals surface area (Å²) in [5, 5.41) is -0.531. The Hall–Kier alpha value is -2.26. The lowest BCUT2D eigenvalue weighted by molar-refractivity contribution is 0.107. The first-order chi connectivity index (χ1) is 11.2. The van der Waals surface area contributed by atoms with E-state index in [1.54, 1.807) is 18.2 Å². The molecular weight excluding hydrogens is 312 g/mol. The summed E-state index contributed by atoms with van der Waals surface area (Å²) in [7, 11) is 0. The maximum atomic E-state index is 11.7. The quantitative estimate of drug-likeness (QED) is 0.500. The smallest absolute Gasteiger partial charge is 0.256 e. The molecule has 120 valence electrons. The van der Waals surface area contributed by atoms with Crippen molar-refractivity contribution in [1.29, 1.82) is 0 Å². The van der Waals surface area contributed by atoms with E-state index >= 15 is 0 Å². The van der Waals surface area contributed by atoms with Gasteiger partial charge in [0.1, 0.15) is 18.1 Å². The van der Waals surface area contributed by atoms with Crippen LogP contribution in [-0.2, 0) is 0 Å². The maximum absolute atomic E-state index is 11.7. The Balaban J connectivity index is 2.47. The Kier molecular flexibility index (Phi) is 6.24. The Morgan fingerprint density at radius 1 is 1.22 bits per heavy atom. The number of hydrogen-bond acceptors (Lipinski definition) is 3. The Bertz CT molecular complexity index is 695. The minimum Gasteiger partial charge on any atom is -0.492 e. The van der Waals surface area contributed by atoms with Gasteiger partial charge < -0.3 is 9.47 Å². The zero-order valence-corrected chi connectivity index (χ0v) is 13.8. The van der Waals surface area contributed by atoms with Gasteiger partial charge in [0.25, 0.3) is 5.24 Å². The number of benzene rings is 2. The SMILES string of the molecule is C=CCOc1cccc(-c2cccc(C(=O)Cl)c2OCCC)c1. The van der Waals surface area contributed by atoms with Crippen molar-refractivity contribution in [2.24, 2.45) is 0 Å². The Labute approximate surface area is 141 Å². The first kappa shape index (κ1) is 17.1. The molecule has 0 atom stereocenters. The summed E-state index contributed by atoms with van der Waals surface area (Å²) in [6.45, 7) is 6.59. The predicted octanol–water partition coefficient (Wildman–Crippen LogP) is 5.09. The molecule has 0 aliphatic rings. The van der Waals surface area contributed by atoms with Gasteiger partial charge in [0, 0.05) is 5.56 Å². The average Bonchev–Trinajstić information content (AvgIpc) is 2.58. The van der Waals surface area contributed by atoms with Crippen LogP contribution in [0.5, 0.6) is 11.5 Å². The summed E-state index contributed by atoms with van der Waals surface area (Å²) >= 11 is 5.69. The fourth-order valence-electron chi connectivity index (χ4n) is 2.19. The summed E-state index contributed by atoms with van der Waals surface area (Å²) < 4.78 is 11.4. The van der Waals surface area contributed by atoms with E-state index in [0.29, 0.717) is 24.5 Å². The van der Waals surface area contributed by atoms with Crippen molar-refractivity contribution >= 4 is 16.8 Å². The van der Waals surface area contributed by atoms with E-state index in [1.165, 1.54) is 0 Å². The summed E-state index contributed by atoms with van der Waals surface area (Å²) in [6, 6.07) is 13.0. The van der Waals surface area contributed by atoms with Crippen LogP contribution in [0.1, 0.15) is 23.7 Å².